The summed E-state index contributed by atoms with van der Waals surface area (Å²) < 4.78 is 59.4. The van der Waals surface area contributed by atoms with Crippen molar-refractivity contribution >= 4 is 22.0 Å². The van der Waals surface area contributed by atoms with Gasteiger partial charge in [0.2, 0.25) is 15.9 Å². The fourth-order valence-corrected chi connectivity index (χ4v) is 5.39. The number of piperazine rings is 1. The Hall–Kier alpha value is -2.27. The van der Waals surface area contributed by atoms with Crippen molar-refractivity contribution in [3.8, 4) is 0 Å². The molecule has 1 unspecified atom stereocenters. The van der Waals surface area contributed by atoms with Crippen molar-refractivity contribution in [2.24, 2.45) is 5.92 Å². The van der Waals surface area contributed by atoms with Crippen molar-refractivity contribution < 1.29 is 31.5 Å². The molecule has 0 aromatic heterocycles. The van der Waals surface area contributed by atoms with Gasteiger partial charge in [0.15, 0.2) is 0 Å². The molecule has 1 aromatic carbocycles. The lowest BCUT2D eigenvalue weighted by molar-refractivity contribution is -0.138. The molecule has 2 heterocycles. The number of carbonyl (C=O) groups excluding carboxylic acids is 2. The zero-order valence-electron chi connectivity index (χ0n) is 18.5. The Morgan fingerprint density at radius 2 is 1.69 bits per heavy atom. The molecule has 0 aliphatic carbocycles. The smallest absolute Gasteiger partial charge is 0.410 e. The van der Waals surface area contributed by atoms with Crippen molar-refractivity contribution in [2.45, 2.75) is 44.1 Å². The van der Waals surface area contributed by atoms with Gasteiger partial charge < -0.3 is 14.5 Å². The molecule has 0 radical (unpaired) electrons. The second kappa shape index (κ2) is 9.30. The van der Waals surface area contributed by atoms with Crippen LogP contribution in [0.4, 0.5) is 13.6 Å². The highest BCUT2D eigenvalue weighted by atomic mass is 32.2. The Labute approximate surface area is 187 Å². The second-order valence-electron chi connectivity index (χ2n) is 9.07. The molecule has 1 aromatic rings. The Bertz CT molecular complexity index is 972. The normalized spacial score (nSPS) is 20.8. The van der Waals surface area contributed by atoms with Gasteiger partial charge in [-0.05, 0) is 51.8 Å². The molecule has 1 atom stereocenters. The lowest BCUT2D eigenvalue weighted by atomic mass is 9.96. The SMILES string of the molecule is CC(C)(C)OC(=O)N1CCCC(C(=O)N2CCN(S(=O)(=O)c3cc(F)ccc3F)CC2)C1. The number of ether oxygens (including phenoxy) is 1. The summed E-state index contributed by atoms with van der Waals surface area (Å²) in [6.07, 6.45) is 0.844. The first-order valence-corrected chi connectivity index (χ1v) is 12.0. The molecule has 2 aliphatic rings. The van der Waals surface area contributed by atoms with Crippen LogP contribution in [0.3, 0.4) is 0 Å². The van der Waals surface area contributed by atoms with Gasteiger partial charge in [0, 0.05) is 39.3 Å². The molecule has 32 heavy (non-hydrogen) atoms. The van der Waals surface area contributed by atoms with E-state index in [1.165, 1.54) is 4.90 Å². The van der Waals surface area contributed by atoms with Crippen LogP contribution in [-0.2, 0) is 19.6 Å². The maximum absolute atomic E-state index is 14.0. The van der Waals surface area contributed by atoms with Gasteiger partial charge in [0.05, 0.1) is 5.92 Å². The molecule has 0 spiro atoms. The summed E-state index contributed by atoms with van der Waals surface area (Å²) in [6, 6.07) is 2.30. The van der Waals surface area contributed by atoms with E-state index >= 15 is 0 Å². The van der Waals surface area contributed by atoms with Crippen LogP contribution in [0, 0.1) is 17.6 Å². The zero-order chi connectivity index (χ0) is 23.7. The van der Waals surface area contributed by atoms with Gasteiger partial charge in [0.1, 0.15) is 22.1 Å². The highest BCUT2D eigenvalue weighted by molar-refractivity contribution is 7.89. The van der Waals surface area contributed by atoms with Gasteiger partial charge in [-0.25, -0.2) is 22.0 Å². The van der Waals surface area contributed by atoms with Gasteiger partial charge in [0.25, 0.3) is 0 Å². The predicted octanol–water partition coefficient (Wildman–Crippen LogP) is 2.44. The molecule has 0 saturated carbocycles. The summed E-state index contributed by atoms with van der Waals surface area (Å²) in [5.74, 6) is -2.40. The standard InChI is InChI=1S/C21H29F2N3O5S/c1-21(2,3)31-20(28)25-8-4-5-15(14-25)19(27)24-9-11-26(12-10-24)32(29,30)18-13-16(22)6-7-17(18)23/h6-7,13,15H,4-5,8-12,14H2,1-3H3. The Morgan fingerprint density at radius 1 is 1.03 bits per heavy atom. The first kappa shape index (κ1) is 24.4. The summed E-state index contributed by atoms with van der Waals surface area (Å²) >= 11 is 0. The minimum absolute atomic E-state index is 0.0213. The summed E-state index contributed by atoms with van der Waals surface area (Å²) in [5, 5.41) is 0. The number of hydrogen-bond acceptors (Lipinski definition) is 5. The lowest BCUT2D eigenvalue weighted by Crippen LogP contribution is -2.54. The summed E-state index contributed by atoms with van der Waals surface area (Å²) in [4.78, 5) is 27.7. The number of hydrogen-bond donors (Lipinski definition) is 0. The number of nitrogens with zero attached hydrogens (tertiary/aromatic N) is 3. The molecular weight excluding hydrogens is 444 g/mol. The van der Waals surface area contributed by atoms with Crippen LogP contribution >= 0.6 is 0 Å². The number of sulfonamides is 1. The summed E-state index contributed by atoms with van der Waals surface area (Å²) in [7, 11) is -4.22. The van der Waals surface area contributed by atoms with Crippen LogP contribution in [0.1, 0.15) is 33.6 Å². The van der Waals surface area contributed by atoms with Crippen molar-refractivity contribution in [2.75, 3.05) is 39.3 Å². The van der Waals surface area contributed by atoms with Crippen molar-refractivity contribution in [3.63, 3.8) is 0 Å². The maximum atomic E-state index is 14.0. The number of benzene rings is 1. The minimum atomic E-state index is -4.22. The van der Waals surface area contributed by atoms with Crippen molar-refractivity contribution in [3.05, 3.63) is 29.8 Å². The van der Waals surface area contributed by atoms with Crippen LogP contribution in [0.15, 0.2) is 23.1 Å². The van der Waals surface area contributed by atoms with E-state index in [4.69, 9.17) is 4.74 Å². The number of amides is 2. The van der Waals surface area contributed by atoms with Gasteiger partial charge >= 0.3 is 6.09 Å². The molecule has 8 nitrogen and oxygen atoms in total. The summed E-state index contributed by atoms with van der Waals surface area (Å²) in [6.45, 7) is 6.34. The average molecular weight is 474 g/mol. The van der Waals surface area contributed by atoms with Crippen LogP contribution < -0.4 is 0 Å². The maximum Gasteiger partial charge on any atom is 0.410 e. The Morgan fingerprint density at radius 3 is 2.31 bits per heavy atom. The third-order valence-corrected chi connectivity index (χ3v) is 7.40. The molecule has 2 saturated heterocycles. The van der Waals surface area contributed by atoms with Crippen molar-refractivity contribution in [1.29, 1.82) is 0 Å². The number of halogens is 2. The molecule has 11 heteroatoms. The number of likely N-dealkylation sites (tertiary alicyclic amines) is 1. The third kappa shape index (κ3) is 5.55. The van der Waals surface area contributed by atoms with E-state index in [0.29, 0.717) is 25.5 Å². The average Bonchev–Trinajstić information content (AvgIpc) is 2.74. The first-order valence-electron chi connectivity index (χ1n) is 10.6. The highest BCUT2D eigenvalue weighted by Gasteiger charge is 2.36. The quantitative estimate of drug-likeness (QED) is 0.673. The van der Waals surface area contributed by atoms with E-state index in [1.807, 2.05) is 0 Å². The zero-order valence-corrected chi connectivity index (χ0v) is 19.3. The monoisotopic (exact) mass is 473 g/mol. The first-order chi connectivity index (χ1) is 14.9. The molecule has 0 bridgehead atoms. The van der Waals surface area contributed by atoms with E-state index in [-0.39, 0.29) is 44.5 Å². The minimum Gasteiger partial charge on any atom is -0.444 e. The van der Waals surface area contributed by atoms with Gasteiger partial charge in [-0.1, -0.05) is 0 Å². The van der Waals surface area contributed by atoms with Crippen LogP contribution in [-0.4, -0.2) is 79.4 Å². The van der Waals surface area contributed by atoms with Crippen molar-refractivity contribution in [1.82, 2.24) is 14.1 Å². The Kier molecular flexibility index (Phi) is 7.09. The predicted molar refractivity (Wildman–Crippen MR) is 112 cm³/mol. The highest BCUT2D eigenvalue weighted by Crippen LogP contribution is 2.24. The molecule has 178 valence electrons. The fourth-order valence-electron chi connectivity index (χ4n) is 3.89. The van der Waals surface area contributed by atoms with Gasteiger partial charge in [-0.2, -0.15) is 4.31 Å². The van der Waals surface area contributed by atoms with E-state index in [2.05, 4.69) is 0 Å². The second-order valence-corrected chi connectivity index (χ2v) is 11.0. The number of piperidine rings is 1. The van der Waals surface area contributed by atoms with E-state index in [0.717, 1.165) is 16.4 Å². The molecule has 2 aliphatic heterocycles. The molecular formula is C21H29F2N3O5S. The third-order valence-electron chi connectivity index (χ3n) is 5.48. The van der Waals surface area contributed by atoms with Gasteiger partial charge in [-0.3, -0.25) is 4.79 Å². The van der Waals surface area contributed by atoms with Gasteiger partial charge in [-0.15, -0.1) is 0 Å². The molecule has 2 fully saturated rings. The number of carbonyl (C=O) groups is 2. The molecule has 0 N–H and O–H groups in total. The van der Waals surface area contributed by atoms with Crippen LogP contribution in [0.2, 0.25) is 0 Å². The lowest BCUT2D eigenvalue weighted by Gasteiger charge is -2.38. The Balaban J connectivity index is 1.60. The summed E-state index contributed by atoms with van der Waals surface area (Å²) in [5.41, 5.74) is -0.628. The fraction of sp³-hybridized carbons (Fsp3) is 0.619. The number of rotatable bonds is 3. The largest absolute Gasteiger partial charge is 0.444 e. The van der Waals surface area contributed by atoms with E-state index < -0.39 is 38.2 Å². The molecule has 3 rings (SSSR count). The topological polar surface area (TPSA) is 87.2 Å². The van der Waals surface area contributed by atoms with E-state index in [1.54, 1.807) is 25.7 Å². The molecule has 2 amide bonds. The van der Waals surface area contributed by atoms with E-state index in [9.17, 15) is 26.8 Å². The van der Waals surface area contributed by atoms with Crippen LogP contribution in [0.5, 0.6) is 0 Å². The van der Waals surface area contributed by atoms with Crippen LogP contribution in [0.25, 0.3) is 0 Å².